The van der Waals surface area contributed by atoms with Crippen LogP contribution in [0.25, 0.3) is 10.7 Å². The normalized spacial score (nSPS) is 14.5. The van der Waals surface area contributed by atoms with E-state index >= 15 is 0 Å². The van der Waals surface area contributed by atoms with Crippen molar-refractivity contribution in [3.8, 4) is 10.7 Å². The maximum absolute atomic E-state index is 14.3. The second kappa shape index (κ2) is 9.02. The molecule has 4 heterocycles. The third-order valence-corrected chi connectivity index (χ3v) is 6.72. The first kappa shape index (κ1) is 21.1. The fourth-order valence-electron chi connectivity index (χ4n) is 3.78. The van der Waals surface area contributed by atoms with E-state index in [0.29, 0.717) is 35.3 Å². The molecule has 1 fully saturated rings. The Bertz CT molecular complexity index is 1240. The number of carbonyl (C=O) groups excluding carboxylic acids is 1. The molecule has 5 rings (SSSR count). The Morgan fingerprint density at radius 2 is 2.12 bits per heavy atom. The quantitative estimate of drug-likeness (QED) is 0.367. The monoisotopic (exact) mass is 463 g/mol. The van der Waals surface area contributed by atoms with Crippen molar-refractivity contribution in [3.05, 3.63) is 71.3 Å². The minimum atomic E-state index is -0.311. The van der Waals surface area contributed by atoms with Crippen molar-refractivity contribution in [2.24, 2.45) is 0 Å². The molecule has 9 nitrogen and oxygen atoms in total. The number of anilines is 1. The van der Waals surface area contributed by atoms with Crippen molar-refractivity contribution in [1.29, 1.82) is 0 Å². The molecule has 1 aliphatic carbocycles. The van der Waals surface area contributed by atoms with Crippen molar-refractivity contribution in [2.75, 3.05) is 11.9 Å². The maximum Gasteiger partial charge on any atom is 0.287 e. The first-order valence-corrected chi connectivity index (χ1v) is 11.3. The number of amides is 1. The zero-order valence-corrected chi connectivity index (χ0v) is 18.3. The summed E-state index contributed by atoms with van der Waals surface area (Å²) in [7, 11) is 0. The number of nitrogens with zero attached hydrogens (tertiary/aromatic N) is 5. The molecule has 0 saturated heterocycles. The van der Waals surface area contributed by atoms with Crippen LogP contribution in [0.3, 0.4) is 0 Å². The summed E-state index contributed by atoms with van der Waals surface area (Å²) in [4.78, 5) is 28.0. The van der Waals surface area contributed by atoms with E-state index in [2.05, 4.69) is 47.0 Å². The number of halogens is 1. The second-order valence-corrected chi connectivity index (χ2v) is 8.93. The fourth-order valence-corrected chi connectivity index (χ4v) is 4.60. The number of imidazole rings is 1. The summed E-state index contributed by atoms with van der Waals surface area (Å²) in [5.74, 6) is 0.249. The number of carbonyl (C=O) groups is 1. The molecule has 4 aromatic rings. The number of aromatic nitrogens is 6. The Morgan fingerprint density at radius 3 is 2.82 bits per heavy atom. The van der Waals surface area contributed by atoms with E-state index in [1.807, 2.05) is 12.1 Å². The number of hydrogen-bond acceptors (Lipinski definition) is 8. The smallest absolute Gasteiger partial charge is 0.287 e. The molecule has 4 aromatic heterocycles. The Hall–Kier alpha value is -3.73. The summed E-state index contributed by atoms with van der Waals surface area (Å²) in [5.41, 5.74) is 0.840. The molecule has 33 heavy (non-hydrogen) atoms. The standard InChI is InChI=1S/C22H20FN8OS/c23-15-3-1-8-24-18(15)22(6-2-7-22)13-29-17-5-4-16(30-31-17)21-28-12-14(33-21)11-27-20(32)19-25-9-10-26-19/h1,3-5,8-9,12H,2,6-7,11,13H2,(H,25,26)(H,27,32)(H,29,31). The van der Waals surface area contributed by atoms with E-state index in [-0.39, 0.29) is 23.0 Å². The Labute approximate surface area is 192 Å². The maximum atomic E-state index is 14.3. The Morgan fingerprint density at radius 1 is 1.21 bits per heavy atom. The summed E-state index contributed by atoms with van der Waals surface area (Å²) in [6, 6.07) is 6.74. The molecule has 1 radical (unpaired) electrons. The zero-order chi connectivity index (χ0) is 22.7. The number of pyridine rings is 1. The van der Waals surface area contributed by atoms with Gasteiger partial charge < -0.3 is 15.6 Å². The van der Waals surface area contributed by atoms with Crippen LogP contribution in [0.4, 0.5) is 10.2 Å². The van der Waals surface area contributed by atoms with Gasteiger partial charge in [-0.2, -0.15) is 0 Å². The van der Waals surface area contributed by atoms with Crippen molar-refractivity contribution in [1.82, 2.24) is 35.5 Å². The number of aromatic amines is 1. The van der Waals surface area contributed by atoms with Crippen LogP contribution in [0.5, 0.6) is 0 Å². The largest absolute Gasteiger partial charge is 0.368 e. The van der Waals surface area contributed by atoms with Crippen molar-refractivity contribution in [2.45, 2.75) is 31.2 Å². The van der Waals surface area contributed by atoms with E-state index in [1.165, 1.54) is 23.6 Å². The molecule has 0 atom stereocenters. The third-order valence-electron chi connectivity index (χ3n) is 5.70. The molecular weight excluding hydrogens is 443 g/mol. The van der Waals surface area contributed by atoms with Crippen LogP contribution in [0.15, 0.2) is 42.9 Å². The molecule has 1 amide bonds. The lowest BCUT2D eigenvalue weighted by Crippen LogP contribution is -2.42. The van der Waals surface area contributed by atoms with Gasteiger partial charge in [0.1, 0.15) is 22.3 Å². The molecule has 3 N–H and O–H groups in total. The topological polar surface area (TPSA) is 121 Å². The van der Waals surface area contributed by atoms with Crippen LogP contribution in [0.2, 0.25) is 0 Å². The summed E-state index contributed by atoms with van der Waals surface area (Å²) in [6.45, 7) is 0.875. The summed E-state index contributed by atoms with van der Waals surface area (Å²) < 4.78 is 14.3. The van der Waals surface area contributed by atoms with E-state index in [9.17, 15) is 9.18 Å². The number of thiazole rings is 1. The third kappa shape index (κ3) is 4.44. The van der Waals surface area contributed by atoms with Gasteiger partial charge >= 0.3 is 0 Å². The van der Waals surface area contributed by atoms with Gasteiger partial charge in [-0.15, -0.1) is 21.5 Å². The van der Waals surface area contributed by atoms with E-state index in [0.717, 1.165) is 24.1 Å². The average Bonchev–Trinajstić information content (AvgIpc) is 3.51. The molecule has 0 spiro atoms. The molecule has 167 valence electrons. The minimum Gasteiger partial charge on any atom is -0.368 e. The summed E-state index contributed by atoms with van der Waals surface area (Å²) in [5, 5.41) is 15.3. The van der Waals surface area contributed by atoms with Crippen LogP contribution in [-0.4, -0.2) is 42.6 Å². The molecule has 0 aliphatic heterocycles. The van der Waals surface area contributed by atoms with Crippen molar-refractivity contribution < 1.29 is 9.18 Å². The van der Waals surface area contributed by atoms with Crippen molar-refractivity contribution in [3.63, 3.8) is 0 Å². The molecule has 11 heteroatoms. The average molecular weight is 464 g/mol. The van der Waals surface area contributed by atoms with Crippen LogP contribution >= 0.6 is 11.3 Å². The number of H-pyrrole nitrogens is 1. The first-order chi connectivity index (χ1) is 16.1. The summed E-state index contributed by atoms with van der Waals surface area (Å²) >= 11 is 1.42. The number of rotatable bonds is 8. The van der Waals surface area contributed by atoms with Crippen LogP contribution in [0, 0.1) is 12.0 Å². The fraction of sp³-hybridized carbons (Fsp3) is 0.273. The van der Waals surface area contributed by atoms with Gasteiger partial charge in [0.05, 0.1) is 24.6 Å². The van der Waals surface area contributed by atoms with Gasteiger partial charge in [0, 0.05) is 29.2 Å². The van der Waals surface area contributed by atoms with Crippen molar-refractivity contribution >= 4 is 23.1 Å². The van der Waals surface area contributed by atoms with Gasteiger partial charge in [-0.3, -0.25) is 9.78 Å². The minimum absolute atomic E-state index is 0.211. The highest BCUT2D eigenvalue weighted by Crippen LogP contribution is 2.43. The van der Waals surface area contributed by atoms with E-state index in [4.69, 9.17) is 0 Å². The zero-order valence-electron chi connectivity index (χ0n) is 17.5. The van der Waals surface area contributed by atoms with Gasteiger partial charge in [0.15, 0.2) is 5.82 Å². The van der Waals surface area contributed by atoms with Gasteiger partial charge in [0.2, 0.25) is 0 Å². The highest BCUT2D eigenvalue weighted by molar-refractivity contribution is 7.15. The van der Waals surface area contributed by atoms with E-state index in [1.54, 1.807) is 18.5 Å². The SMILES string of the molecule is O=C(NCc1cnc(-c2ccc(NCC3(c4ncccc4F)CCC3)nn2)s1)c1nc[c][nH]1. The lowest BCUT2D eigenvalue weighted by Gasteiger charge is -2.41. The molecule has 1 aliphatic rings. The second-order valence-electron chi connectivity index (χ2n) is 7.82. The van der Waals surface area contributed by atoms with Crippen LogP contribution in [-0.2, 0) is 12.0 Å². The van der Waals surface area contributed by atoms with Crippen LogP contribution < -0.4 is 10.6 Å². The lowest BCUT2D eigenvalue weighted by molar-refractivity contribution is 0.0942. The van der Waals surface area contributed by atoms with Gasteiger partial charge in [-0.05, 0) is 37.1 Å². The lowest BCUT2D eigenvalue weighted by atomic mass is 9.66. The molecule has 0 unspecified atom stereocenters. The number of nitrogens with one attached hydrogen (secondary N) is 3. The Kier molecular flexibility index (Phi) is 5.78. The molecular formula is C22H20FN8OS. The highest BCUT2D eigenvalue weighted by atomic mass is 32.1. The van der Waals surface area contributed by atoms with Gasteiger partial charge in [0.25, 0.3) is 5.91 Å². The highest BCUT2D eigenvalue weighted by Gasteiger charge is 2.41. The molecule has 0 bridgehead atoms. The predicted molar refractivity (Wildman–Crippen MR) is 120 cm³/mol. The molecule has 0 aromatic carbocycles. The van der Waals surface area contributed by atoms with Gasteiger partial charge in [-0.25, -0.2) is 14.4 Å². The van der Waals surface area contributed by atoms with Gasteiger partial charge in [-0.1, -0.05) is 6.42 Å². The molecule has 1 saturated carbocycles. The predicted octanol–water partition coefficient (Wildman–Crippen LogP) is 3.12. The first-order valence-electron chi connectivity index (χ1n) is 10.5. The van der Waals surface area contributed by atoms with E-state index < -0.39 is 0 Å². The Balaban J connectivity index is 1.20. The summed E-state index contributed by atoms with van der Waals surface area (Å²) in [6.07, 6.45) is 10.2. The number of hydrogen-bond donors (Lipinski definition) is 3. The van der Waals surface area contributed by atoms with Crippen LogP contribution in [0.1, 0.15) is 40.5 Å².